The molecular weight excluding hydrogens is 2000 g/mol. The van der Waals surface area contributed by atoms with Crippen LogP contribution in [-0.2, 0) is 24.8 Å². The summed E-state index contributed by atoms with van der Waals surface area (Å²) in [6, 6.07) is 61.5. The molecule has 10 aromatic carbocycles. The monoisotopic (exact) mass is 2090 g/mol. The first-order valence-corrected chi connectivity index (χ1v) is 53.4. The van der Waals surface area contributed by atoms with E-state index < -0.39 is 20.0 Å². The molecule has 2 saturated heterocycles. The molecule has 0 atom stereocenters. The summed E-state index contributed by atoms with van der Waals surface area (Å²) in [5.41, 5.74) is 13.1. The number of anilines is 11. The average Bonchev–Trinajstić information content (AvgIpc) is 1.62. The summed E-state index contributed by atoms with van der Waals surface area (Å²) < 4.78 is 51.4. The second-order valence-electron chi connectivity index (χ2n) is 35.6. The van der Waals surface area contributed by atoms with Gasteiger partial charge >= 0.3 is 0 Å². The number of sulfonamides is 2. The Bertz CT molecular complexity index is 8810. The van der Waals surface area contributed by atoms with Crippen LogP contribution in [0.5, 0.6) is 0 Å². The number of carbonyl (C=O) groups excluding carboxylic acids is 6. The molecule has 12 N–H and O–H groups in total. The summed E-state index contributed by atoms with van der Waals surface area (Å²) in [5.74, 6) is 2.10. The molecule has 0 radical (unpaired) electrons. The van der Waals surface area contributed by atoms with Crippen LogP contribution in [0.3, 0.4) is 0 Å². The number of aromatic nitrogens is 10. The molecule has 10 aromatic heterocycles. The highest BCUT2D eigenvalue weighted by Crippen LogP contribution is 2.40. The fraction of sp³-hybridized carbons (Fsp3) is 0.181. The third-order valence-corrected chi connectivity index (χ3v) is 30.8. The minimum atomic E-state index is -3.82. The van der Waals surface area contributed by atoms with Crippen molar-refractivity contribution >= 4 is 281 Å². The molecule has 746 valence electrons. The summed E-state index contributed by atoms with van der Waals surface area (Å²) in [4.78, 5) is 131. The van der Waals surface area contributed by atoms with Crippen LogP contribution < -0.4 is 52.8 Å². The Morgan fingerprint density at radius 1 is 0.320 bits per heavy atom. The molecule has 0 spiro atoms. The molecular formula is C105H99N25O10S7. The highest BCUT2D eigenvalue weighted by Gasteiger charge is 2.27. The summed E-state index contributed by atoms with van der Waals surface area (Å²) in [6.07, 6.45) is 8.79. The van der Waals surface area contributed by atoms with Crippen LogP contribution in [0.15, 0.2) is 241 Å². The number of piperazine rings is 2. The molecule has 0 unspecified atom stereocenters. The van der Waals surface area contributed by atoms with E-state index in [-0.39, 0.29) is 45.2 Å². The van der Waals surface area contributed by atoms with Crippen molar-refractivity contribution in [2.45, 2.75) is 44.4 Å². The van der Waals surface area contributed by atoms with Crippen molar-refractivity contribution in [2.75, 3.05) is 127 Å². The van der Waals surface area contributed by atoms with E-state index >= 15 is 0 Å². The van der Waals surface area contributed by atoms with E-state index in [9.17, 15) is 45.6 Å². The van der Waals surface area contributed by atoms with E-state index in [0.717, 1.165) is 161 Å². The minimum Gasteiger partial charge on any atom is -0.344 e. The van der Waals surface area contributed by atoms with E-state index in [1.54, 1.807) is 94.9 Å². The lowest BCUT2D eigenvalue weighted by molar-refractivity contribution is -0.114. The molecule has 12 heterocycles. The van der Waals surface area contributed by atoms with Gasteiger partial charge in [0.1, 0.15) is 0 Å². The lowest BCUT2D eigenvalue weighted by atomic mass is 10.1. The first-order valence-electron chi connectivity index (χ1n) is 46.2. The zero-order chi connectivity index (χ0) is 103. The van der Waals surface area contributed by atoms with Crippen molar-refractivity contribution < 1.29 is 45.6 Å². The zero-order valence-electron chi connectivity index (χ0n) is 81.4. The Morgan fingerprint density at radius 3 is 0.844 bits per heavy atom. The highest BCUT2D eigenvalue weighted by molar-refractivity contribution is 7.89. The highest BCUT2D eigenvalue weighted by atomic mass is 32.2. The largest absolute Gasteiger partial charge is 0.344 e. The normalized spacial score (nSPS) is 12.6. The third kappa shape index (κ3) is 23.8. The Labute approximate surface area is 864 Å². The van der Waals surface area contributed by atoms with Crippen LogP contribution in [0, 0.1) is 27.7 Å². The number of benzene rings is 10. The van der Waals surface area contributed by atoms with Gasteiger partial charge in [-0.05, 0) is 220 Å². The van der Waals surface area contributed by atoms with Gasteiger partial charge in [-0.2, -0.15) is 0 Å². The predicted octanol–water partition coefficient (Wildman–Crippen LogP) is 18.6. The van der Waals surface area contributed by atoms with Crippen molar-refractivity contribution in [3.05, 3.63) is 278 Å². The molecule has 42 heteroatoms. The molecule has 22 rings (SSSR count). The van der Waals surface area contributed by atoms with Crippen molar-refractivity contribution in [1.82, 2.24) is 85.0 Å². The van der Waals surface area contributed by atoms with E-state index in [4.69, 9.17) is 20.2 Å². The number of amides is 6. The fourth-order valence-corrected chi connectivity index (χ4v) is 23.1. The van der Waals surface area contributed by atoms with Gasteiger partial charge in [0, 0.05) is 244 Å². The lowest BCUT2D eigenvalue weighted by Crippen LogP contribution is -2.46. The van der Waals surface area contributed by atoms with Gasteiger partial charge in [0.05, 0.1) is 61.8 Å². The Kier molecular flexibility index (Phi) is 29.8. The van der Waals surface area contributed by atoms with Crippen LogP contribution in [0.1, 0.15) is 77.5 Å². The first-order chi connectivity index (χ1) is 70.5. The summed E-state index contributed by atoms with van der Waals surface area (Å²) in [5, 5.41) is 44.7. The van der Waals surface area contributed by atoms with Gasteiger partial charge in [-0.25, -0.2) is 77.0 Å². The number of nitrogens with zero attached hydrogens (tertiary/aromatic N) is 15. The second kappa shape index (κ2) is 43.3. The number of rotatable bonds is 18. The molecule has 0 saturated carbocycles. The van der Waals surface area contributed by atoms with E-state index in [2.05, 4.69) is 153 Å². The maximum atomic E-state index is 12.9. The summed E-state index contributed by atoms with van der Waals surface area (Å²) in [7, 11) is 2.81. The van der Waals surface area contributed by atoms with Gasteiger partial charge in [-0.3, -0.25) is 28.8 Å². The van der Waals surface area contributed by atoms with Gasteiger partial charge in [-0.1, -0.05) is 30.3 Å². The number of thiophene rings is 5. The van der Waals surface area contributed by atoms with Crippen LogP contribution in [0.25, 0.3) is 105 Å². The SMILES string of the molecule is CC(=O)Nc1cccc(Nc2ncc3ccc4sc(C(=O)N(C)C)cc4c3n2)c1.CN(C)C(=O)c1cc2c(ccc3cnc(Nc4cccc(S(N)(=O)=O)c4)nc32)s1.Cc1cc(C)cc(Nc2ncc3ccc4sc(C(=O)N(C)C)cc4c3n2)c1.Cc1cc(C)cc(Nc2ncc3ccc4sc(C(=O)N5CCNCC5)cc4c3n2)c1.NS(=O)(=O)c1cccc(Nc2ncc3ccc4sc(C(=O)N5CCNCC5)cc4c3n2)c1. The number of hydrogen-bond acceptors (Lipinski definition) is 32. The molecule has 147 heavy (non-hydrogen) atoms. The van der Waals surface area contributed by atoms with Crippen molar-refractivity contribution in [1.29, 1.82) is 0 Å². The van der Waals surface area contributed by atoms with E-state index in [1.807, 2.05) is 131 Å². The Morgan fingerprint density at radius 2 is 0.571 bits per heavy atom. The lowest BCUT2D eigenvalue weighted by Gasteiger charge is -2.26. The molecule has 2 aliphatic heterocycles. The quantitative estimate of drug-likeness (QED) is 0.0381. The van der Waals surface area contributed by atoms with Gasteiger partial charge < -0.3 is 67.0 Å². The number of fused-ring (bicyclic) bond motifs is 15. The number of primary sulfonamides is 2. The molecule has 20 aromatic rings. The predicted molar refractivity (Wildman–Crippen MR) is 591 cm³/mol. The van der Waals surface area contributed by atoms with Crippen molar-refractivity contribution in [3.63, 3.8) is 0 Å². The molecule has 0 aliphatic carbocycles. The van der Waals surface area contributed by atoms with Crippen LogP contribution in [0.4, 0.5) is 63.9 Å². The van der Waals surface area contributed by atoms with Gasteiger partial charge in [0.2, 0.25) is 55.7 Å². The van der Waals surface area contributed by atoms with Crippen molar-refractivity contribution in [3.8, 4) is 0 Å². The van der Waals surface area contributed by atoms with Gasteiger partial charge in [-0.15, -0.1) is 56.7 Å². The topological polar surface area (TPSA) is 464 Å². The second-order valence-corrected chi connectivity index (χ2v) is 44.1. The number of aryl methyl sites for hydroxylation is 4. The standard InChI is InChI=1S/C23H23N5OS.C21H20N6O3S2.C21H19N5O2S.C21H20N4OS.C19H17N5O3S2/c1-14-9-15(2)11-17(10-14)26-23-25-13-16-3-4-19-18(21(16)27-23)12-20(30-19)22(29)28-7-5-24-6-8-28;22-32(29,30)15-3-1-2-14(10-15)25-21-24-12-13-4-5-17-16(19(13)26-21)11-18(31-17)20(28)27-8-6-23-7-9-27;1-12(27)23-14-5-4-6-15(9-14)24-21-22-11-13-7-8-17-16(19(13)25-21)10-18(29-17)20(28)26(2)3;1-12-7-13(2)9-15(8-12)23-21-22-11-14-5-6-17-16(19(14)24-21)10-18(27-17)20(26)25(3)4;1-24(2)18(25)16-9-14-15(28-16)7-6-11-10-21-19(23-17(11)14)22-12-4-3-5-13(8-12)29(20,26)27/h3-4,9-13,24H,5-8H2,1-2H3,(H,25,26,27);1-5,10-12,23H,6-9H2,(H2,22,29,30)(H,24,25,26);4-11H,1-3H3,(H,23,27)(H,22,24,25);5-11H,1-4H3,(H,22,23,24);3-10H,1-2H3,(H2,20,26,27)(H,21,22,23). The van der Waals surface area contributed by atoms with Gasteiger partial charge in [0.25, 0.3) is 29.5 Å². The maximum absolute atomic E-state index is 12.9. The minimum absolute atomic E-state index is 0.000388. The number of nitrogens with two attached hydrogens (primary N) is 2. The first kappa shape index (κ1) is 101. The Balaban J connectivity index is 0.000000120. The van der Waals surface area contributed by atoms with Crippen LogP contribution >= 0.6 is 56.7 Å². The van der Waals surface area contributed by atoms with Crippen LogP contribution in [0.2, 0.25) is 0 Å². The molecule has 2 aliphatic rings. The van der Waals surface area contributed by atoms with Crippen molar-refractivity contribution in [2.24, 2.45) is 10.3 Å². The number of hydrogen-bond donors (Lipinski definition) is 10. The summed E-state index contributed by atoms with van der Waals surface area (Å²) in [6.45, 7) is 15.9. The van der Waals surface area contributed by atoms with E-state index in [1.165, 1.54) is 115 Å². The number of carbonyl (C=O) groups is 6. The van der Waals surface area contributed by atoms with E-state index in [0.29, 0.717) is 84.9 Å². The number of nitrogens with one attached hydrogen (secondary N) is 8. The molecule has 0 bridgehead atoms. The molecule has 6 amide bonds. The Hall–Kier alpha value is -15.7. The fourth-order valence-electron chi connectivity index (χ4n) is 16.7. The maximum Gasteiger partial charge on any atom is 0.264 e. The van der Waals surface area contributed by atoms with Crippen LogP contribution in [-0.4, -0.2) is 221 Å². The molecule has 35 nitrogen and oxygen atoms in total. The average molecular weight is 2100 g/mol. The zero-order valence-corrected chi connectivity index (χ0v) is 87.1. The third-order valence-electron chi connectivity index (χ3n) is 23.5. The summed E-state index contributed by atoms with van der Waals surface area (Å²) >= 11 is 7.35. The van der Waals surface area contributed by atoms with Gasteiger partial charge in [0.15, 0.2) is 0 Å². The molecule has 2 fully saturated rings. The smallest absolute Gasteiger partial charge is 0.264 e.